The highest BCUT2D eigenvalue weighted by Gasteiger charge is 2.13. The maximum absolute atomic E-state index is 11.6. The monoisotopic (exact) mass is 238 g/mol. The number of rotatable bonds is 5. The van der Waals surface area contributed by atoms with Crippen molar-refractivity contribution in [3.8, 4) is 0 Å². The van der Waals surface area contributed by atoms with Crippen molar-refractivity contribution < 1.29 is 9.53 Å². The van der Waals surface area contributed by atoms with Gasteiger partial charge in [0.15, 0.2) is 0 Å². The fourth-order valence-electron chi connectivity index (χ4n) is 1.73. The quantitative estimate of drug-likeness (QED) is 0.717. The molecule has 0 radical (unpaired) electrons. The highest BCUT2D eigenvalue weighted by atomic mass is 16.5. The summed E-state index contributed by atoms with van der Waals surface area (Å²) in [6.45, 7) is 3.58. The van der Waals surface area contributed by atoms with Crippen LogP contribution in [0.2, 0.25) is 0 Å². The first-order valence-electron chi connectivity index (χ1n) is 5.88. The van der Waals surface area contributed by atoms with Crippen LogP contribution in [-0.2, 0) is 16.1 Å². The van der Waals surface area contributed by atoms with Gasteiger partial charge in [-0.1, -0.05) is 0 Å². The van der Waals surface area contributed by atoms with Gasteiger partial charge in [-0.05, 0) is 0 Å². The Hall–Kier alpha value is -1.40. The van der Waals surface area contributed by atoms with Crippen LogP contribution in [0.5, 0.6) is 0 Å². The molecule has 17 heavy (non-hydrogen) atoms. The summed E-state index contributed by atoms with van der Waals surface area (Å²) in [6, 6.07) is 0.237. The number of nitrogens with zero attached hydrogens (tertiary/aromatic N) is 2. The van der Waals surface area contributed by atoms with Crippen LogP contribution in [0.25, 0.3) is 0 Å². The maximum atomic E-state index is 11.6. The predicted octanol–water partition coefficient (Wildman–Crippen LogP) is -0.622. The lowest BCUT2D eigenvalue weighted by Gasteiger charge is -2.23. The Morgan fingerprint density at radius 1 is 1.65 bits per heavy atom. The normalized spacial score (nSPS) is 20.1. The molecule has 1 aromatic heterocycles. The van der Waals surface area contributed by atoms with E-state index in [0.717, 1.165) is 13.2 Å². The summed E-state index contributed by atoms with van der Waals surface area (Å²) < 4.78 is 7.20. The van der Waals surface area contributed by atoms with E-state index in [1.54, 1.807) is 12.5 Å². The molecular formula is C11H18N4O2. The summed E-state index contributed by atoms with van der Waals surface area (Å²) in [7, 11) is 0. The van der Waals surface area contributed by atoms with Crippen molar-refractivity contribution in [1.29, 1.82) is 0 Å². The average Bonchev–Trinajstić information content (AvgIpc) is 2.88. The first-order chi connectivity index (χ1) is 8.34. The molecular weight excluding hydrogens is 220 g/mol. The molecule has 1 amide bonds. The molecule has 6 nitrogen and oxygen atoms in total. The third-order valence-electron chi connectivity index (χ3n) is 2.70. The van der Waals surface area contributed by atoms with Gasteiger partial charge in [0, 0.05) is 44.5 Å². The van der Waals surface area contributed by atoms with E-state index in [9.17, 15) is 4.79 Å². The minimum Gasteiger partial charge on any atom is -0.378 e. The summed E-state index contributed by atoms with van der Waals surface area (Å²) in [5, 5.41) is 6.19. The van der Waals surface area contributed by atoms with Gasteiger partial charge in [0.05, 0.1) is 19.5 Å². The van der Waals surface area contributed by atoms with E-state index in [2.05, 4.69) is 15.6 Å². The van der Waals surface area contributed by atoms with Gasteiger partial charge in [-0.25, -0.2) is 4.98 Å². The van der Waals surface area contributed by atoms with E-state index < -0.39 is 0 Å². The van der Waals surface area contributed by atoms with Crippen LogP contribution >= 0.6 is 0 Å². The van der Waals surface area contributed by atoms with Crippen LogP contribution in [0.3, 0.4) is 0 Å². The summed E-state index contributed by atoms with van der Waals surface area (Å²) >= 11 is 0. The number of carbonyl (C=O) groups is 1. The second-order valence-corrected chi connectivity index (χ2v) is 4.08. The molecule has 6 heteroatoms. The first-order valence-corrected chi connectivity index (χ1v) is 5.88. The third kappa shape index (κ3) is 4.16. The van der Waals surface area contributed by atoms with Crippen molar-refractivity contribution >= 4 is 5.91 Å². The topological polar surface area (TPSA) is 68.2 Å². The molecule has 1 saturated heterocycles. The second-order valence-electron chi connectivity index (χ2n) is 4.08. The second kappa shape index (κ2) is 6.36. The number of aryl methyl sites for hydroxylation is 1. The lowest BCUT2D eigenvalue weighted by atomic mass is 10.2. The molecule has 2 heterocycles. The highest BCUT2D eigenvalue weighted by molar-refractivity contribution is 5.75. The predicted molar refractivity (Wildman–Crippen MR) is 62.5 cm³/mol. The summed E-state index contributed by atoms with van der Waals surface area (Å²) in [5.74, 6) is 0.0612. The van der Waals surface area contributed by atoms with Crippen LogP contribution < -0.4 is 10.6 Å². The maximum Gasteiger partial charge on any atom is 0.221 e. The molecule has 2 rings (SSSR count). The summed E-state index contributed by atoms with van der Waals surface area (Å²) in [5.41, 5.74) is 0. The number of hydrogen-bond acceptors (Lipinski definition) is 4. The molecule has 0 bridgehead atoms. The Morgan fingerprint density at radius 2 is 2.59 bits per heavy atom. The van der Waals surface area contributed by atoms with E-state index in [1.807, 2.05) is 10.8 Å². The number of nitrogens with one attached hydrogen (secondary N) is 2. The van der Waals surface area contributed by atoms with Gasteiger partial charge in [-0.2, -0.15) is 0 Å². The van der Waals surface area contributed by atoms with Gasteiger partial charge >= 0.3 is 0 Å². The Balaban J connectivity index is 1.60. The van der Waals surface area contributed by atoms with Crippen LogP contribution in [-0.4, -0.2) is 47.8 Å². The fourth-order valence-corrected chi connectivity index (χ4v) is 1.73. The Kier molecular flexibility index (Phi) is 4.52. The largest absolute Gasteiger partial charge is 0.378 e. The van der Waals surface area contributed by atoms with Crippen molar-refractivity contribution in [3.05, 3.63) is 18.7 Å². The fraction of sp³-hybridized carbons (Fsp3) is 0.636. The Labute approximate surface area is 100 Å². The van der Waals surface area contributed by atoms with Crippen molar-refractivity contribution in [1.82, 2.24) is 20.2 Å². The lowest BCUT2D eigenvalue weighted by Crippen LogP contribution is -2.48. The summed E-state index contributed by atoms with van der Waals surface area (Å²) in [4.78, 5) is 15.5. The van der Waals surface area contributed by atoms with Crippen LogP contribution in [0.1, 0.15) is 6.42 Å². The molecule has 94 valence electrons. The minimum atomic E-state index is 0.0612. The zero-order valence-electron chi connectivity index (χ0n) is 9.76. The van der Waals surface area contributed by atoms with Gasteiger partial charge in [-0.3, -0.25) is 4.79 Å². The number of hydrogen-bond donors (Lipinski definition) is 2. The van der Waals surface area contributed by atoms with Crippen molar-refractivity contribution in [3.63, 3.8) is 0 Å². The molecule has 1 fully saturated rings. The van der Waals surface area contributed by atoms with Gasteiger partial charge in [0.25, 0.3) is 0 Å². The smallest absolute Gasteiger partial charge is 0.221 e. The molecule has 0 spiro atoms. The molecule has 1 atom stereocenters. The van der Waals surface area contributed by atoms with Gasteiger partial charge < -0.3 is 19.9 Å². The van der Waals surface area contributed by atoms with Crippen molar-refractivity contribution in [2.24, 2.45) is 0 Å². The lowest BCUT2D eigenvalue weighted by molar-refractivity contribution is -0.121. The third-order valence-corrected chi connectivity index (χ3v) is 2.70. The van der Waals surface area contributed by atoms with Gasteiger partial charge in [0.1, 0.15) is 0 Å². The molecule has 1 aliphatic rings. The van der Waals surface area contributed by atoms with Crippen molar-refractivity contribution in [2.75, 3.05) is 26.3 Å². The molecule has 0 aliphatic carbocycles. The molecule has 0 saturated carbocycles. The number of aromatic nitrogens is 2. The van der Waals surface area contributed by atoms with E-state index in [-0.39, 0.29) is 11.9 Å². The molecule has 1 aliphatic heterocycles. The molecule has 0 aromatic carbocycles. The number of carbonyl (C=O) groups excluding carboxylic acids is 1. The standard InChI is InChI=1S/C11H18N4O2/c16-11(1-4-15-5-2-12-9-15)14-7-10-8-17-6-3-13-10/h2,5,9-10,13H,1,3-4,6-8H2,(H,14,16). The van der Waals surface area contributed by atoms with Crippen LogP contribution in [0.15, 0.2) is 18.7 Å². The number of amides is 1. The first kappa shape index (κ1) is 12.1. The van der Waals surface area contributed by atoms with E-state index in [1.165, 1.54) is 0 Å². The molecule has 2 N–H and O–H groups in total. The Bertz CT molecular complexity index is 333. The average molecular weight is 238 g/mol. The zero-order chi connectivity index (χ0) is 11.9. The van der Waals surface area contributed by atoms with Gasteiger partial charge in [-0.15, -0.1) is 0 Å². The molecule has 1 unspecified atom stereocenters. The molecule has 1 aromatic rings. The Morgan fingerprint density at radius 3 is 3.29 bits per heavy atom. The highest BCUT2D eigenvalue weighted by Crippen LogP contribution is 1.93. The SMILES string of the molecule is O=C(CCn1ccnc1)NCC1COCCN1. The van der Waals surface area contributed by atoms with E-state index in [4.69, 9.17) is 4.74 Å². The van der Waals surface area contributed by atoms with E-state index >= 15 is 0 Å². The summed E-state index contributed by atoms with van der Waals surface area (Å²) in [6.07, 6.45) is 5.75. The zero-order valence-corrected chi connectivity index (χ0v) is 9.76. The van der Waals surface area contributed by atoms with Crippen molar-refractivity contribution in [2.45, 2.75) is 19.0 Å². The number of imidazole rings is 1. The van der Waals surface area contributed by atoms with Crippen LogP contribution in [0.4, 0.5) is 0 Å². The number of ether oxygens (including phenoxy) is 1. The van der Waals surface area contributed by atoms with Crippen LogP contribution in [0, 0.1) is 0 Å². The minimum absolute atomic E-state index is 0.0612. The van der Waals surface area contributed by atoms with Gasteiger partial charge in [0.2, 0.25) is 5.91 Å². The van der Waals surface area contributed by atoms with E-state index in [0.29, 0.717) is 26.1 Å². The number of morpholine rings is 1.